The molecule has 1 fully saturated rings. The molecule has 1 aliphatic heterocycles. The van der Waals surface area contributed by atoms with Crippen LogP contribution in [-0.2, 0) is 0 Å². The van der Waals surface area contributed by atoms with Crippen LogP contribution in [0.4, 0.5) is 0 Å². The lowest BCUT2D eigenvalue weighted by molar-refractivity contribution is 0.0252. The Bertz CT molecular complexity index is 408. The average Bonchev–Trinajstić information content (AvgIpc) is 2.86. The molecule has 2 rings (SSSR count). The second kappa shape index (κ2) is 4.50. The van der Waals surface area contributed by atoms with Crippen LogP contribution in [0.1, 0.15) is 22.5 Å². The Balaban J connectivity index is 2.03. The SMILES string of the molecule is Cc1occc1C(=O)N(C)CC1(O)CCNC1. The van der Waals surface area contributed by atoms with Crippen molar-refractivity contribution >= 4 is 5.91 Å². The van der Waals surface area contributed by atoms with Crippen molar-refractivity contribution in [1.82, 2.24) is 10.2 Å². The first-order chi connectivity index (χ1) is 8.02. The summed E-state index contributed by atoms with van der Waals surface area (Å²) in [5, 5.41) is 13.3. The second-order valence-corrected chi connectivity index (χ2v) is 4.70. The van der Waals surface area contributed by atoms with Gasteiger partial charge in [0, 0.05) is 13.6 Å². The zero-order valence-corrected chi connectivity index (χ0v) is 10.2. The maximum atomic E-state index is 12.1. The standard InChI is InChI=1S/C12H18N2O3/c1-9-10(3-6-17-9)11(15)14(2)8-12(16)4-5-13-7-12/h3,6,13,16H,4-5,7-8H2,1-2H3. The number of rotatable bonds is 3. The number of β-amino-alcohol motifs (C(OH)–C–C–N with tert-alkyl or cyclic N) is 1. The van der Waals surface area contributed by atoms with Crippen LogP contribution in [0.3, 0.4) is 0 Å². The molecule has 2 heterocycles. The summed E-state index contributed by atoms with van der Waals surface area (Å²) in [5.41, 5.74) is -0.246. The zero-order chi connectivity index (χ0) is 12.5. The summed E-state index contributed by atoms with van der Waals surface area (Å²) in [6, 6.07) is 1.66. The van der Waals surface area contributed by atoms with Gasteiger partial charge in [-0.1, -0.05) is 0 Å². The number of aryl methyl sites for hydroxylation is 1. The number of nitrogens with one attached hydrogen (secondary N) is 1. The van der Waals surface area contributed by atoms with E-state index < -0.39 is 5.60 Å². The lowest BCUT2D eigenvalue weighted by Gasteiger charge is -2.27. The number of amides is 1. The molecule has 1 saturated heterocycles. The van der Waals surface area contributed by atoms with E-state index in [-0.39, 0.29) is 5.91 Å². The number of carbonyl (C=O) groups is 1. The zero-order valence-electron chi connectivity index (χ0n) is 10.2. The van der Waals surface area contributed by atoms with Crippen LogP contribution in [0.5, 0.6) is 0 Å². The Hall–Kier alpha value is -1.33. The van der Waals surface area contributed by atoms with Crippen molar-refractivity contribution < 1.29 is 14.3 Å². The van der Waals surface area contributed by atoms with Crippen molar-refractivity contribution in [2.45, 2.75) is 18.9 Å². The minimum Gasteiger partial charge on any atom is -0.469 e. The van der Waals surface area contributed by atoms with Crippen LogP contribution in [-0.4, -0.2) is 48.2 Å². The van der Waals surface area contributed by atoms with Gasteiger partial charge in [0.25, 0.3) is 5.91 Å². The maximum Gasteiger partial charge on any atom is 0.257 e. The Morgan fingerprint density at radius 3 is 3.00 bits per heavy atom. The summed E-state index contributed by atoms with van der Waals surface area (Å²) in [6.45, 7) is 3.43. The summed E-state index contributed by atoms with van der Waals surface area (Å²) < 4.78 is 5.11. The predicted molar refractivity (Wildman–Crippen MR) is 62.8 cm³/mol. The number of likely N-dealkylation sites (N-methyl/N-ethyl adjacent to an activating group) is 1. The quantitative estimate of drug-likeness (QED) is 0.799. The first-order valence-electron chi connectivity index (χ1n) is 5.74. The van der Waals surface area contributed by atoms with Crippen molar-refractivity contribution in [3.05, 3.63) is 23.7 Å². The van der Waals surface area contributed by atoms with Gasteiger partial charge in [-0.2, -0.15) is 0 Å². The first kappa shape index (κ1) is 12.1. The van der Waals surface area contributed by atoms with E-state index in [0.29, 0.717) is 30.8 Å². The summed E-state index contributed by atoms with van der Waals surface area (Å²) in [6.07, 6.45) is 2.18. The van der Waals surface area contributed by atoms with Gasteiger partial charge in [0.15, 0.2) is 0 Å². The van der Waals surface area contributed by atoms with Gasteiger partial charge in [-0.05, 0) is 26.0 Å². The summed E-state index contributed by atoms with van der Waals surface area (Å²) >= 11 is 0. The van der Waals surface area contributed by atoms with Gasteiger partial charge in [0.2, 0.25) is 0 Å². The van der Waals surface area contributed by atoms with Crippen molar-refractivity contribution in [1.29, 1.82) is 0 Å². The minimum atomic E-state index is -0.804. The molecule has 5 nitrogen and oxygen atoms in total. The van der Waals surface area contributed by atoms with E-state index in [2.05, 4.69) is 5.32 Å². The highest BCUT2D eigenvalue weighted by molar-refractivity contribution is 5.94. The molecule has 0 bridgehead atoms. The molecule has 1 atom stereocenters. The Labute approximate surface area is 100 Å². The molecule has 94 valence electrons. The van der Waals surface area contributed by atoms with Crippen LogP contribution in [0.2, 0.25) is 0 Å². The highest BCUT2D eigenvalue weighted by Crippen LogP contribution is 2.18. The smallest absolute Gasteiger partial charge is 0.257 e. The normalized spacial score (nSPS) is 23.9. The van der Waals surface area contributed by atoms with Gasteiger partial charge in [0.05, 0.1) is 24.0 Å². The van der Waals surface area contributed by atoms with Gasteiger partial charge in [-0.25, -0.2) is 0 Å². The lowest BCUT2D eigenvalue weighted by Crippen LogP contribution is -2.45. The van der Waals surface area contributed by atoms with E-state index in [4.69, 9.17) is 4.42 Å². The highest BCUT2D eigenvalue weighted by atomic mass is 16.3. The third-order valence-electron chi connectivity index (χ3n) is 3.19. The molecule has 0 radical (unpaired) electrons. The van der Waals surface area contributed by atoms with E-state index in [1.54, 1.807) is 24.9 Å². The number of hydrogen-bond acceptors (Lipinski definition) is 4. The monoisotopic (exact) mass is 238 g/mol. The third-order valence-corrected chi connectivity index (χ3v) is 3.19. The van der Waals surface area contributed by atoms with Crippen LogP contribution in [0, 0.1) is 6.92 Å². The lowest BCUT2D eigenvalue weighted by atomic mass is 10.0. The summed E-state index contributed by atoms with van der Waals surface area (Å²) in [5.74, 6) is 0.495. The predicted octanol–water partition coefficient (Wildman–Crippen LogP) is 0.384. The summed E-state index contributed by atoms with van der Waals surface area (Å²) in [4.78, 5) is 13.6. The molecule has 1 aromatic heterocycles. The van der Waals surface area contributed by atoms with Crippen LogP contribution < -0.4 is 5.32 Å². The topological polar surface area (TPSA) is 65.7 Å². The van der Waals surface area contributed by atoms with Crippen molar-refractivity contribution in [2.24, 2.45) is 0 Å². The Morgan fingerprint density at radius 2 is 2.47 bits per heavy atom. The average molecular weight is 238 g/mol. The van der Waals surface area contributed by atoms with Gasteiger partial charge < -0.3 is 19.7 Å². The Kier molecular flexibility index (Phi) is 3.22. The van der Waals surface area contributed by atoms with Gasteiger partial charge in [-0.15, -0.1) is 0 Å². The second-order valence-electron chi connectivity index (χ2n) is 4.70. The maximum absolute atomic E-state index is 12.1. The molecule has 1 unspecified atom stereocenters. The van der Waals surface area contributed by atoms with E-state index in [1.807, 2.05) is 0 Å². The Morgan fingerprint density at radius 1 is 1.71 bits per heavy atom. The number of nitrogens with zero attached hydrogens (tertiary/aromatic N) is 1. The molecular formula is C12H18N2O3. The number of furan rings is 1. The molecule has 0 spiro atoms. The molecule has 1 aromatic rings. The molecule has 0 aliphatic carbocycles. The van der Waals surface area contributed by atoms with Crippen molar-refractivity contribution in [3.63, 3.8) is 0 Å². The van der Waals surface area contributed by atoms with Gasteiger partial charge in [-0.3, -0.25) is 4.79 Å². The highest BCUT2D eigenvalue weighted by Gasteiger charge is 2.33. The van der Waals surface area contributed by atoms with Crippen LogP contribution in [0.15, 0.2) is 16.7 Å². The minimum absolute atomic E-state index is 0.114. The molecule has 5 heteroatoms. The van der Waals surface area contributed by atoms with Crippen molar-refractivity contribution in [2.75, 3.05) is 26.7 Å². The molecule has 2 N–H and O–H groups in total. The molecule has 17 heavy (non-hydrogen) atoms. The van der Waals surface area contributed by atoms with Crippen LogP contribution >= 0.6 is 0 Å². The third kappa shape index (κ3) is 2.50. The van der Waals surface area contributed by atoms with E-state index >= 15 is 0 Å². The van der Waals surface area contributed by atoms with Crippen LogP contribution in [0.25, 0.3) is 0 Å². The summed E-state index contributed by atoms with van der Waals surface area (Å²) in [7, 11) is 1.70. The largest absolute Gasteiger partial charge is 0.469 e. The number of hydrogen-bond donors (Lipinski definition) is 2. The number of carbonyl (C=O) groups excluding carboxylic acids is 1. The van der Waals surface area contributed by atoms with E-state index in [9.17, 15) is 9.90 Å². The molecule has 0 aromatic carbocycles. The molecule has 0 saturated carbocycles. The fraction of sp³-hybridized carbons (Fsp3) is 0.583. The molecule has 1 amide bonds. The first-order valence-corrected chi connectivity index (χ1v) is 5.74. The fourth-order valence-electron chi connectivity index (χ4n) is 2.19. The van der Waals surface area contributed by atoms with Gasteiger partial charge >= 0.3 is 0 Å². The van der Waals surface area contributed by atoms with Crippen molar-refractivity contribution in [3.8, 4) is 0 Å². The molecule has 1 aliphatic rings. The number of aliphatic hydroxyl groups is 1. The molecular weight excluding hydrogens is 220 g/mol. The fourth-order valence-corrected chi connectivity index (χ4v) is 2.19. The van der Waals surface area contributed by atoms with Gasteiger partial charge in [0.1, 0.15) is 5.76 Å². The van der Waals surface area contributed by atoms with E-state index in [1.165, 1.54) is 6.26 Å². The van der Waals surface area contributed by atoms with E-state index in [0.717, 1.165) is 6.54 Å².